The fraction of sp³-hybridized carbons (Fsp3) is 0. The van der Waals surface area contributed by atoms with Crippen molar-refractivity contribution in [3.05, 3.63) is 59.5 Å². The van der Waals surface area contributed by atoms with E-state index in [-0.39, 0.29) is 16.6 Å². The summed E-state index contributed by atoms with van der Waals surface area (Å²) in [5, 5.41) is 0.0516. The summed E-state index contributed by atoms with van der Waals surface area (Å²) in [5.41, 5.74) is 3.25. The lowest BCUT2D eigenvalue weighted by molar-refractivity contribution is 0.0849. The first kappa shape index (κ1) is 16.1. The number of nitrogens with one attached hydrogen (secondary N) is 4. The lowest BCUT2D eigenvalue weighted by atomic mass is 10.2. The van der Waals surface area contributed by atoms with Gasteiger partial charge in [-0.2, -0.15) is 0 Å². The molecule has 0 atom stereocenters. The highest BCUT2D eigenvalue weighted by molar-refractivity contribution is 9.11. The molecule has 0 aliphatic heterocycles. The standard InChI is InChI=1S/C13H8BrN5O4S/c14-8-2-1-7(24-8)12(22)19-18-10(20)5-3-6-9(15-4-5)16-13(23)17-11(6)21/h1-4H,(H,18,20)(H,19,22)(H2,15,16,17,21,23). The molecule has 122 valence electrons. The van der Waals surface area contributed by atoms with Gasteiger partial charge in [0.15, 0.2) is 0 Å². The maximum Gasteiger partial charge on any atom is 0.327 e. The number of H-pyrrole nitrogens is 2. The van der Waals surface area contributed by atoms with Gasteiger partial charge < -0.3 is 0 Å². The van der Waals surface area contributed by atoms with Gasteiger partial charge in [-0.05, 0) is 34.1 Å². The summed E-state index contributed by atoms with van der Waals surface area (Å²) in [6.07, 6.45) is 1.18. The van der Waals surface area contributed by atoms with E-state index in [4.69, 9.17) is 0 Å². The number of rotatable bonds is 2. The van der Waals surface area contributed by atoms with E-state index in [1.807, 2.05) is 4.98 Å². The van der Waals surface area contributed by atoms with Crippen LogP contribution in [0.2, 0.25) is 0 Å². The zero-order valence-electron chi connectivity index (χ0n) is 11.7. The molecule has 3 rings (SSSR count). The number of carbonyl (C=O) groups is 2. The number of pyridine rings is 1. The largest absolute Gasteiger partial charge is 0.327 e. The van der Waals surface area contributed by atoms with Gasteiger partial charge in [0.2, 0.25) is 0 Å². The van der Waals surface area contributed by atoms with E-state index < -0.39 is 23.1 Å². The molecule has 0 fully saturated rings. The number of hydrogen-bond acceptors (Lipinski definition) is 6. The Labute approximate surface area is 145 Å². The van der Waals surface area contributed by atoms with Gasteiger partial charge in [-0.3, -0.25) is 35.2 Å². The minimum Gasteiger partial charge on any atom is -0.291 e. The predicted octanol–water partition coefficient (Wildman–Crippen LogP) is 0.510. The average molecular weight is 410 g/mol. The summed E-state index contributed by atoms with van der Waals surface area (Å²) in [6.45, 7) is 0. The van der Waals surface area contributed by atoms with Crippen molar-refractivity contribution in [3.63, 3.8) is 0 Å². The second-order valence-corrected chi connectivity index (χ2v) is 7.00. The Morgan fingerprint density at radius 3 is 2.58 bits per heavy atom. The third-order valence-electron chi connectivity index (χ3n) is 2.94. The predicted molar refractivity (Wildman–Crippen MR) is 89.9 cm³/mol. The van der Waals surface area contributed by atoms with Crippen molar-refractivity contribution in [2.45, 2.75) is 0 Å². The molecule has 0 aromatic carbocycles. The molecule has 11 heteroatoms. The molecule has 0 bridgehead atoms. The van der Waals surface area contributed by atoms with Crippen LogP contribution < -0.4 is 22.1 Å². The lowest BCUT2D eigenvalue weighted by Gasteiger charge is -2.06. The van der Waals surface area contributed by atoms with Crippen molar-refractivity contribution >= 4 is 50.1 Å². The minimum absolute atomic E-state index is 0.0488. The van der Waals surface area contributed by atoms with E-state index >= 15 is 0 Å². The number of aromatic nitrogens is 3. The summed E-state index contributed by atoms with van der Waals surface area (Å²) in [6, 6.07) is 4.58. The molecule has 0 radical (unpaired) electrons. The lowest BCUT2D eigenvalue weighted by Crippen LogP contribution is -2.41. The van der Waals surface area contributed by atoms with E-state index in [0.29, 0.717) is 4.88 Å². The molecule has 3 aromatic rings. The Balaban J connectivity index is 1.78. The Bertz CT molecular complexity index is 1070. The van der Waals surface area contributed by atoms with Crippen molar-refractivity contribution < 1.29 is 9.59 Å². The van der Waals surface area contributed by atoms with Crippen molar-refractivity contribution in [3.8, 4) is 0 Å². The maximum atomic E-state index is 12.1. The second-order valence-electron chi connectivity index (χ2n) is 4.54. The van der Waals surface area contributed by atoms with Gasteiger partial charge in [0, 0.05) is 6.20 Å². The number of aromatic amines is 2. The van der Waals surface area contributed by atoms with E-state index in [0.717, 1.165) is 3.79 Å². The highest BCUT2D eigenvalue weighted by Gasteiger charge is 2.13. The van der Waals surface area contributed by atoms with Gasteiger partial charge in [-0.1, -0.05) is 0 Å². The van der Waals surface area contributed by atoms with Crippen LogP contribution in [-0.2, 0) is 0 Å². The number of nitrogens with zero attached hydrogens (tertiary/aromatic N) is 1. The molecule has 2 amide bonds. The molecule has 0 saturated heterocycles. The fourth-order valence-corrected chi connectivity index (χ4v) is 3.14. The third-order valence-corrected chi connectivity index (χ3v) is 4.56. The number of fused-ring (bicyclic) bond motifs is 1. The summed E-state index contributed by atoms with van der Waals surface area (Å²) >= 11 is 4.45. The van der Waals surface area contributed by atoms with Crippen molar-refractivity contribution in [2.75, 3.05) is 0 Å². The molecule has 0 aliphatic rings. The highest BCUT2D eigenvalue weighted by Crippen LogP contribution is 2.21. The summed E-state index contributed by atoms with van der Waals surface area (Å²) in [4.78, 5) is 55.4. The minimum atomic E-state index is -0.688. The Hall–Kier alpha value is -2.79. The van der Waals surface area contributed by atoms with Crippen LogP contribution in [0.4, 0.5) is 0 Å². The molecular weight excluding hydrogens is 402 g/mol. The van der Waals surface area contributed by atoms with Gasteiger partial charge >= 0.3 is 5.69 Å². The Morgan fingerprint density at radius 1 is 1.12 bits per heavy atom. The Kier molecular flexibility index (Phi) is 4.27. The average Bonchev–Trinajstić information content (AvgIpc) is 2.98. The highest BCUT2D eigenvalue weighted by atomic mass is 79.9. The second kappa shape index (κ2) is 6.37. The maximum absolute atomic E-state index is 12.1. The van der Waals surface area contributed by atoms with Crippen molar-refractivity contribution in [2.24, 2.45) is 0 Å². The zero-order valence-corrected chi connectivity index (χ0v) is 14.1. The number of hydrogen-bond donors (Lipinski definition) is 4. The van der Waals surface area contributed by atoms with Gasteiger partial charge in [-0.25, -0.2) is 9.78 Å². The molecule has 9 nitrogen and oxygen atoms in total. The molecule has 0 aliphatic carbocycles. The van der Waals surface area contributed by atoms with E-state index in [1.54, 1.807) is 12.1 Å². The number of thiophene rings is 1. The van der Waals surface area contributed by atoms with Crippen LogP contribution in [0.5, 0.6) is 0 Å². The van der Waals surface area contributed by atoms with E-state index in [1.165, 1.54) is 23.6 Å². The summed E-state index contributed by atoms with van der Waals surface area (Å²) < 4.78 is 0.783. The van der Waals surface area contributed by atoms with Gasteiger partial charge in [0.1, 0.15) is 5.65 Å². The molecule has 0 unspecified atom stereocenters. The molecule has 3 aromatic heterocycles. The molecule has 0 saturated carbocycles. The number of carbonyl (C=O) groups excluding carboxylic acids is 2. The van der Waals surface area contributed by atoms with Gasteiger partial charge in [-0.15, -0.1) is 11.3 Å². The number of amides is 2. The fourth-order valence-electron chi connectivity index (χ4n) is 1.85. The monoisotopic (exact) mass is 409 g/mol. The van der Waals surface area contributed by atoms with Crippen LogP contribution in [-0.4, -0.2) is 26.8 Å². The van der Waals surface area contributed by atoms with E-state index in [9.17, 15) is 19.2 Å². The summed E-state index contributed by atoms with van der Waals surface area (Å²) in [5.74, 6) is -1.13. The van der Waals surface area contributed by atoms with Crippen LogP contribution in [0.1, 0.15) is 20.0 Å². The SMILES string of the molecule is O=C(NNC(=O)c1ccc(Br)s1)c1cnc2[nH]c(=O)[nH]c(=O)c2c1. The number of hydrazine groups is 1. The van der Waals surface area contributed by atoms with Crippen molar-refractivity contribution in [1.82, 2.24) is 25.8 Å². The molecule has 24 heavy (non-hydrogen) atoms. The quantitative estimate of drug-likeness (QED) is 0.457. The van der Waals surface area contributed by atoms with Crippen LogP contribution in [0.3, 0.4) is 0 Å². The summed E-state index contributed by atoms with van der Waals surface area (Å²) in [7, 11) is 0. The molecular formula is C13H8BrN5O4S. The first-order valence-corrected chi connectivity index (χ1v) is 8.03. The zero-order chi connectivity index (χ0) is 17.3. The van der Waals surface area contributed by atoms with Gasteiger partial charge in [0.05, 0.1) is 19.6 Å². The topological polar surface area (TPSA) is 137 Å². The van der Waals surface area contributed by atoms with Crippen LogP contribution in [0.15, 0.2) is 37.8 Å². The smallest absolute Gasteiger partial charge is 0.291 e. The van der Waals surface area contributed by atoms with Crippen molar-refractivity contribution in [1.29, 1.82) is 0 Å². The third kappa shape index (κ3) is 3.26. The molecule has 0 spiro atoms. The van der Waals surface area contributed by atoms with Crippen LogP contribution in [0, 0.1) is 0 Å². The van der Waals surface area contributed by atoms with Crippen LogP contribution >= 0.6 is 27.3 Å². The number of halogens is 1. The first-order valence-electron chi connectivity index (χ1n) is 6.42. The van der Waals surface area contributed by atoms with E-state index in [2.05, 4.69) is 36.7 Å². The van der Waals surface area contributed by atoms with Gasteiger partial charge in [0.25, 0.3) is 17.4 Å². The Morgan fingerprint density at radius 2 is 1.88 bits per heavy atom. The molecule has 4 N–H and O–H groups in total. The van der Waals surface area contributed by atoms with Crippen LogP contribution in [0.25, 0.3) is 11.0 Å². The normalized spacial score (nSPS) is 10.5. The first-order chi connectivity index (χ1) is 11.4. The molecule has 3 heterocycles.